The van der Waals surface area contributed by atoms with Gasteiger partial charge in [-0.15, -0.1) is 0 Å². The Hall–Kier alpha value is -2.21. The summed E-state index contributed by atoms with van der Waals surface area (Å²) in [4.78, 5) is 18.5. The van der Waals surface area contributed by atoms with Crippen molar-refractivity contribution < 1.29 is 14.1 Å². The molecule has 1 unspecified atom stereocenters. The predicted octanol–water partition coefficient (Wildman–Crippen LogP) is 2.47. The molecule has 0 radical (unpaired) electrons. The van der Waals surface area contributed by atoms with E-state index in [1.165, 1.54) is 11.1 Å². The largest absolute Gasteiger partial charge is 0.366 e. The fraction of sp³-hybridized carbons (Fsp3) is 0.500. The Morgan fingerprint density at radius 3 is 2.71 bits per heavy atom. The molecule has 0 aliphatic carbocycles. The highest BCUT2D eigenvalue weighted by Crippen LogP contribution is 2.20. The molecule has 0 N–H and O–H groups in total. The first-order chi connectivity index (χ1) is 11.7. The van der Waals surface area contributed by atoms with E-state index in [1.54, 1.807) is 6.92 Å². The van der Waals surface area contributed by atoms with Crippen molar-refractivity contribution in [2.45, 2.75) is 39.2 Å². The normalized spacial score (nSPS) is 17.9. The summed E-state index contributed by atoms with van der Waals surface area (Å²) in [6, 6.07) is 8.47. The molecule has 24 heavy (non-hydrogen) atoms. The Bertz CT molecular complexity index is 681. The van der Waals surface area contributed by atoms with Gasteiger partial charge in [-0.1, -0.05) is 36.3 Å². The number of carbonyl (C=O) groups is 1. The zero-order valence-electron chi connectivity index (χ0n) is 14.2. The van der Waals surface area contributed by atoms with Crippen LogP contribution >= 0.6 is 0 Å². The standard InChI is InChI=1S/C18H23N3O3/c1-3-14-4-6-15(7-5-14)8-9-17(22)21-10-11-23-16(12-21)18-19-13(2)24-20-18/h4-7,16H,3,8-12H2,1-2H3. The minimum absolute atomic E-state index is 0.142. The van der Waals surface area contributed by atoms with Gasteiger partial charge in [-0.3, -0.25) is 4.79 Å². The van der Waals surface area contributed by atoms with E-state index >= 15 is 0 Å². The average Bonchev–Trinajstić information content (AvgIpc) is 3.06. The molecule has 1 aliphatic heterocycles. The van der Waals surface area contributed by atoms with Crippen LogP contribution in [-0.2, 0) is 22.4 Å². The minimum Gasteiger partial charge on any atom is -0.366 e. The second-order valence-electron chi connectivity index (χ2n) is 6.04. The summed E-state index contributed by atoms with van der Waals surface area (Å²) >= 11 is 0. The predicted molar refractivity (Wildman–Crippen MR) is 88.4 cm³/mol. The van der Waals surface area contributed by atoms with Gasteiger partial charge in [0, 0.05) is 19.9 Å². The number of hydrogen-bond acceptors (Lipinski definition) is 5. The second kappa shape index (κ2) is 7.57. The summed E-state index contributed by atoms with van der Waals surface area (Å²) in [5.41, 5.74) is 2.51. The highest BCUT2D eigenvalue weighted by molar-refractivity contribution is 5.76. The summed E-state index contributed by atoms with van der Waals surface area (Å²) in [7, 11) is 0. The van der Waals surface area contributed by atoms with Crippen molar-refractivity contribution in [2.24, 2.45) is 0 Å². The van der Waals surface area contributed by atoms with Crippen molar-refractivity contribution in [2.75, 3.05) is 19.7 Å². The third-order valence-corrected chi connectivity index (χ3v) is 4.31. The van der Waals surface area contributed by atoms with E-state index in [9.17, 15) is 4.79 Å². The lowest BCUT2D eigenvalue weighted by Gasteiger charge is -2.31. The zero-order valence-corrected chi connectivity index (χ0v) is 14.2. The molecule has 1 amide bonds. The highest BCUT2D eigenvalue weighted by Gasteiger charge is 2.28. The second-order valence-corrected chi connectivity index (χ2v) is 6.04. The van der Waals surface area contributed by atoms with Crippen LogP contribution in [0.3, 0.4) is 0 Å². The lowest BCUT2D eigenvalue weighted by molar-refractivity contribution is -0.139. The number of ether oxygens (including phenoxy) is 1. The van der Waals surface area contributed by atoms with Crippen LogP contribution in [0.1, 0.15) is 42.3 Å². The van der Waals surface area contributed by atoms with Crippen molar-refractivity contribution in [3.63, 3.8) is 0 Å². The first-order valence-corrected chi connectivity index (χ1v) is 8.43. The van der Waals surface area contributed by atoms with E-state index in [1.807, 2.05) is 4.90 Å². The van der Waals surface area contributed by atoms with Gasteiger partial charge < -0.3 is 14.2 Å². The van der Waals surface area contributed by atoms with Gasteiger partial charge in [-0.25, -0.2) is 0 Å². The molecule has 6 nitrogen and oxygen atoms in total. The average molecular weight is 329 g/mol. The van der Waals surface area contributed by atoms with Crippen molar-refractivity contribution in [1.29, 1.82) is 0 Å². The third-order valence-electron chi connectivity index (χ3n) is 4.31. The monoisotopic (exact) mass is 329 g/mol. The first-order valence-electron chi connectivity index (χ1n) is 8.43. The lowest BCUT2D eigenvalue weighted by Crippen LogP contribution is -2.42. The SMILES string of the molecule is CCc1ccc(CCC(=O)N2CCOC(c3noc(C)n3)C2)cc1. The molecule has 128 valence electrons. The quantitative estimate of drug-likeness (QED) is 0.843. The number of rotatable bonds is 5. The number of aryl methyl sites for hydroxylation is 3. The number of aromatic nitrogens is 2. The molecular formula is C18H23N3O3. The molecule has 0 spiro atoms. The molecule has 1 fully saturated rings. The Labute approximate surface area is 141 Å². The molecular weight excluding hydrogens is 306 g/mol. The summed E-state index contributed by atoms with van der Waals surface area (Å²) < 4.78 is 10.7. The first kappa shape index (κ1) is 16.6. The molecule has 1 aromatic carbocycles. The van der Waals surface area contributed by atoms with E-state index in [2.05, 4.69) is 41.3 Å². The van der Waals surface area contributed by atoms with Gasteiger partial charge in [0.25, 0.3) is 0 Å². The van der Waals surface area contributed by atoms with Crippen molar-refractivity contribution in [1.82, 2.24) is 15.0 Å². The van der Waals surface area contributed by atoms with E-state index in [-0.39, 0.29) is 12.0 Å². The van der Waals surface area contributed by atoms with E-state index in [0.717, 1.165) is 12.8 Å². The zero-order chi connectivity index (χ0) is 16.9. The van der Waals surface area contributed by atoms with Gasteiger partial charge in [-0.05, 0) is 24.0 Å². The lowest BCUT2D eigenvalue weighted by atomic mass is 10.1. The molecule has 1 saturated heterocycles. The van der Waals surface area contributed by atoms with Gasteiger partial charge >= 0.3 is 0 Å². The maximum absolute atomic E-state index is 12.5. The summed E-state index contributed by atoms with van der Waals surface area (Å²) in [6.07, 6.45) is 1.99. The number of hydrogen-bond donors (Lipinski definition) is 0. The van der Waals surface area contributed by atoms with Crippen LogP contribution in [0.2, 0.25) is 0 Å². The molecule has 1 atom stereocenters. The number of nitrogens with zero attached hydrogens (tertiary/aromatic N) is 3. The van der Waals surface area contributed by atoms with Crippen molar-refractivity contribution in [3.05, 3.63) is 47.1 Å². The van der Waals surface area contributed by atoms with Crippen LogP contribution in [0.15, 0.2) is 28.8 Å². The molecule has 0 bridgehead atoms. The molecule has 3 rings (SSSR count). The fourth-order valence-corrected chi connectivity index (χ4v) is 2.83. The van der Waals surface area contributed by atoms with Crippen molar-refractivity contribution >= 4 is 5.91 Å². The van der Waals surface area contributed by atoms with Crippen LogP contribution in [0, 0.1) is 6.92 Å². The van der Waals surface area contributed by atoms with Gasteiger partial charge in [-0.2, -0.15) is 4.98 Å². The van der Waals surface area contributed by atoms with Crippen LogP contribution in [0.25, 0.3) is 0 Å². The number of morpholine rings is 1. The summed E-state index contributed by atoms with van der Waals surface area (Å²) in [5.74, 6) is 1.16. The third kappa shape index (κ3) is 4.00. The Balaban J connectivity index is 1.54. The van der Waals surface area contributed by atoms with Gasteiger partial charge in [0.15, 0.2) is 0 Å². The fourth-order valence-electron chi connectivity index (χ4n) is 2.83. The molecule has 6 heteroatoms. The van der Waals surface area contributed by atoms with E-state index in [4.69, 9.17) is 9.26 Å². The molecule has 1 aliphatic rings. The summed E-state index contributed by atoms with van der Waals surface area (Å²) in [5, 5.41) is 3.89. The number of carbonyl (C=O) groups excluding carboxylic acids is 1. The highest BCUT2D eigenvalue weighted by atomic mass is 16.5. The maximum atomic E-state index is 12.5. The van der Waals surface area contributed by atoms with Crippen LogP contribution in [0.4, 0.5) is 0 Å². The maximum Gasteiger partial charge on any atom is 0.223 e. The van der Waals surface area contributed by atoms with Crippen LogP contribution in [-0.4, -0.2) is 40.6 Å². The summed E-state index contributed by atoms with van der Waals surface area (Å²) in [6.45, 7) is 5.47. The molecule has 2 heterocycles. The van der Waals surface area contributed by atoms with Crippen molar-refractivity contribution in [3.8, 4) is 0 Å². The molecule has 1 aromatic heterocycles. The van der Waals surface area contributed by atoms with Gasteiger partial charge in [0.1, 0.15) is 6.10 Å². The topological polar surface area (TPSA) is 68.5 Å². The Kier molecular flexibility index (Phi) is 5.25. The smallest absolute Gasteiger partial charge is 0.223 e. The molecule has 2 aromatic rings. The Morgan fingerprint density at radius 1 is 1.29 bits per heavy atom. The van der Waals surface area contributed by atoms with Gasteiger partial charge in [0.05, 0.1) is 13.2 Å². The number of amides is 1. The van der Waals surface area contributed by atoms with E-state index in [0.29, 0.717) is 37.8 Å². The van der Waals surface area contributed by atoms with E-state index < -0.39 is 0 Å². The van der Waals surface area contributed by atoms with Gasteiger partial charge in [0.2, 0.25) is 17.6 Å². The van der Waals surface area contributed by atoms with Crippen LogP contribution < -0.4 is 0 Å². The number of benzene rings is 1. The molecule has 0 saturated carbocycles. The minimum atomic E-state index is -0.302. The van der Waals surface area contributed by atoms with Crippen LogP contribution in [0.5, 0.6) is 0 Å². The Morgan fingerprint density at radius 2 is 2.04 bits per heavy atom.